The summed E-state index contributed by atoms with van der Waals surface area (Å²) >= 11 is 3.63. The Balaban J connectivity index is 1.98. The second-order valence-corrected chi connectivity index (χ2v) is 5.49. The Morgan fingerprint density at radius 1 is 1.38 bits per heavy atom. The predicted octanol–water partition coefficient (Wildman–Crippen LogP) is 2.76. The van der Waals surface area contributed by atoms with Gasteiger partial charge in [0.25, 0.3) is 0 Å². The van der Waals surface area contributed by atoms with Gasteiger partial charge in [0.1, 0.15) is 0 Å². The van der Waals surface area contributed by atoms with Crippen LogP contribution in [0.5, 0.6) is 0 Å². The number of hydrogen-bond donors (Lipinski definition) is 0. The number of halogens is 1. The summed E-state index contributed by atoms with van der Waals surface area (Å²) in [5, 5.41) is 0. The Bertz CT molecular complexity index is 363. The first-order chi connectivity index (χ1) is 7.68. The number of fused-ring (bicyclic) bond motifs is 1. The summed E-state index contributed by atoms with van der Waals surface area (Å²) in [6.45, 7) is 3.51. The van der Waals surface area contributed by atoms with Crippen LogP contribution < -0.4 is 4.90 Å². The Morgan fingerprint density at radius 2 is 2.19 bits per heavy atom. The van der Waals surface area contributed by atoms with Gasteiger partial charge in [0, 0.05) is 23.2 Å². The first-order valence-electron chi connectivity index (χ1n) is 5.85. The van der Waals surface area contributed by atoms with E-state index in [9.17, 15) is 0 Å². The average molecular weight is 283 g/mol. The molecule has 0 spiro atoms. The van der Waals surface area contributed by atoms with Crippen LogP contribution in [-0.4, -0.2) is 38.6 Å². The highest BCUT2D eigenvalue weighted by Gasteiger charge is 2.19. The van der Waals surface area contributed by atoms with Crippen molar-refractivity contribution in [1.82, 2.24) is 4.90 Å². The number of nitrogens with zero attached hydrogens (tertiary/aromatic N) is 2. The fourth-order valence-corrected chi connectivity index (χ4v) is 2.82. The Labute approximate surface area is 106 Å². The quantitative estimate of drug-likeness (QED) is 0.838. The Hall–Kier alpha value is -0.540. The molecular formula is C13H19BrN2. The molecule has 1 aromatic carbocycles. The maximum absolute atomic E-state index is 3.63. The fourth-order valence-electron chi connectivity index (χ4n) is 2.27. The normalized spacial score (nSPS) is 14.6. The molecule has 0 aliphatic carbocycles. The van der Waals surface area contributed by atoms with Crippen molar-refractivity contribution in [3.8, 4) is 0 Å². The molecule has 0 radical (unpaired) electrons. The molecule has 0 bridgehead atoms. The number of rotatable bonds is 4. The molecule has 1 aromatic rings. The lowest BCUT2D eigenvalue weighted by Crippen LogP contribution is -2.25. The molecule has 0 atom stereocenters. The highest BCUT2D eigenvalue weighted by molar-refractivity contribution is 9.10. The van der Waals surface area contributed by atoms with Crippen LogP contribution in [0, 0.1) is 0 Å². The van der Waals surface area contributed by atoms with Crippen molar-refractivity contribution in [2.24, 2.45) is 0 Å². The van der Waals surface area contributed by atoms with Crippen LogP contribution in [0.15, 0.2) is 22.7 Å². The van der Waals surface area contributed by atoms with Gasteiger partial charge in [-0.2, -0.15) is 0 Å². The van der Waals surface area contributed by atoms with Gasteiger partial charge in [-0.3, -0.25) is 0 Å². The van der Waals surface area contributed by atoms with Gasteiger partial charge in [-0.05, 0) is 51.2 Å². The molecule has 1 aliphatic heterocycles. The average Bonchev–Trinajstić information content (AvgIpc) is 2.63. The monoisotopic (exact) mass is 282 g/mol. The second-order valence-electron chi connectivity index (χ2n) is 4.63. The summed E-state index contributed by atoms with van der Waals surface area (Å²) < 4.78 is 1.26. The molecule has 3 heteroatoms. The minimum atomic E-state index is 1.17. The number of benzene rings is 1. The molecule has 2 rings (SSSR count). The van der Waals surface area contributed by atoms with E-state index in [0.29, 0.717) is 0 Å². The van der Waals surface area contributed by atoms with E-state index in [-0.39, 0.29) is 0 Å². The lowest BCUT2D eigenvalue weighted by Gasteiger charge is -2.20. The third-order valence-electron chi connectivity index (χ3n) is 3.10. The van der Waals surface area contributed by atoms with E-state index < -0.39 is 0 Å². The van der Waals surface area contributed by atoms with E-state index in [1.54, 1.807) is 0 Å². The van der Waals surface area contributed by atoms with Crippen molar-refractivity contribution in [1.29, 1.82) is 0 Å². The molecule has 1 heterocycles. The summed E-state index contributed by atoms with van der Waals surface area (Å²) in [7, 11) is 4.27. The highest BCUT2D eigenvalue weighted by Crippen LogP contribution is 2.33. The van der Waals surface area contributed by atoms with Gasteiger partial charge in [-0.15, -0.1) is 0 Å². The minimum absolute atomic E-state index is 1.17. The van der Waals surface area contributed by atoms with E-state index in [0.717, 1.165) is 0 Å². The van der Waals surface area contributed by atoms with Crippen LogP contribution in [0.2, 0.25) is 0 Å². The zero-order chi connectivity index (χ0) is 11.5. The molecule has 0 amide bonds. The van der Waals surface area contributed by atoms with Gasteiger partial charge in [0.2, 0.25) is 0 Å². The van der Waals surface area contributed by atoms with Gasteiger partial charge < -0.3 is 9.80 Å². The van der Waals surface area contributed by atoms with Crippen LogP contribution in [0.1, 0.15) is 12.0 Å². The van der Waals surface area contributed by atoms with Crippen LogP contribution in [0.4, 0.5) is 5.69 Å². The van der Waals surface area contributed by atoms with Gasteiger partial charge >= 0.3 is 0 Å². The molecular weight excluding hydrogens is 264 g/mol. The minimum Gasteiger partial charge on any atom is -0.371 e. The van der Waals surface area contributed by atoms with E-state index in [2.05, 4.69) is 58.0 Å². The van der Waals surface area contributed by atoms with Gasteiger partial charge in [0.05, 0.1) is 0 Å². The lowest BCUT2D eigenvalue weighted by molar-refractivity contribution is 0.401. The maximum Gasteiger partial charge on any atom is 0.0410 e. The van der Waals surface area contributed by atoms with Crippen molar-refractivity contribution in [2.45, 2.75) is 12.8 Å². The summed E-state index contributed by atoms with van der Waals surface area (Å²) in [5.74, 6) is 0. The number of hydrogen-bond acceptors (Lipinski definition) is 2. The van der Waals surface area contributed by atoms with Gasteiger partial charge in [-0.1, -0.05) is 22.0 Å². The summed E-state index contributed by atoms with van der Waals surface area (Å²) in [6.07, 6.45) is 2.41. The molecule has 0 aromatic heterocycles. The molecule has 88 valence electrons. The van der Waals surface area contributed by atoms with Crippen molar-refractivity contribution in [3.63, 3.8) is 0 Å². The van der Waals surface area contributed by atoms with Crippen LogP contribution in [-0.2, 0) is 6.42 Å². The molecule has 0 unspecified atom stereocenters. The maximum atomic E-state index is 3.63. The molecule has 0 saturated carbocycles. The molecule has 0 saturated heterocycles. The smallest absolute Gasteiger partial charge is 0.0410 e. The first-order valence-corrected chi connectivity index (χ1v) is 6.65. The van der Waals surface area contributed by atoms with Crippen molar-refractivity contribution in [2.75, 3.05) is 38.6 Å². The topological polar surface area (TPSA) is 6.48 Å². The highest BCUT2D eigenvalue weighted by atomic mass is 79.9. The van der Waals surface area contributed by atoms with Crippen molar-refractivity contribution < 1.29 is 0 Å². The summed E-state index contributed by atoms with van der Waals surface area (Å²) in [6, 6.07) is 6.51. The largest absolute Gasteiger partial charge is 0.371 e. The number of anilines is 1. The summed E-state index contributed by atoms with van der Waals surface area (Å²) in [4.78, 5) is 4.75. The van der Waals surface area contributed by atoms with Crippen LogP contribution >= 0.6 is 15.9 Å². The van der Waals surface area contributed by atoms with E-state index >= 15 is 0 Å². The third-order valence-corrected chi connectivity index (χ3v) is 3.84. The second kappa shape index (κ2) is 5.19. The molecule has 16 heavy (non-hydrogen) atoms. The molecule has 2 nitrogen and oxygen atoms in total. The predicted molar refractivity (Wildman–Crippen MR) is 73.2 cm³/mol. The first kappa shape index (κ1) is 11.9. The van der Waals surface area contributed by atoms with Crippen molar-refractivity contribution in [3.05, 3.63) is 28.2 Å². The zero-order valence-electron chi connectivity index (χ0n) is 10.0. The van der Waals surface area contributed by atoms with Gasteiger partial charge in [-0.25, -0.2) is 0 Å². The fraction of sp³-hybridized carbons (Fsp3) is 0.538. The molecule has 0 N–H and O–H groups in total. The van der Waals surface area contributed by atoms with E-state index in [1.165, 1.54) is 48.2 Å². The van der Waals surface area contributed by atoms with Crippen molar-refractivity contribution >= 4 is 21.6 Å². The van der Waals surface area contributed by atoms with E-state index in [4.69, 9.17) is 0 Å². The molecule has 0 fully saturated rings. The SMILES string of the molecule is CN(C)CCCN1CCc2c(Br)cccc21. The molecule has 1 aliphatic rings. The van der Waals surface area contributed by atoms with E-state index in [1.807, 2.05) is 0 Å². The lowest BCUT2D eigenvalue weighted by atomic mass is 10.2. The van der Waals surface area contributed by atoms with Crippen LogP contribution in [0.25, 0.3) is 0 Å². The van der Waals surface area contributed by atoms with Gasteiger partial charge in [0.15, 0.2) is 0 Å². The third kappa shape index (κ3) is 2.58. The Kier molecular flexibility index (Phi) is 3.87. The summed E-state index contributed by atoms with van der Waals surface area (Å²) in [5.41, 5.74) is 2.90. The Morgan fingerprint density at radius 3 is 2.94 bits per heavy atom. The standard InChI is InChI=1S/C13H19BrN2/c1-15(2)8-4-9-16-10-7-11-12(14)5-3-6-13(11)16/h3,5-6H,4,7-10H2,1-2H3. The van der Waals surface area contributed by atoms with Crippen LogP contribution in [0.3, 0.4) is 0 Å². The zero-order valence-corrected chi connectivity index (χ0v) is 11.6.